The van der Waals surface area contributed by atoms with Gasteiger partial charge in [0.15, 0.2) is 0 Å². The molecule has 0 radical (unpaired) electrons. The Morgan fingerprint density at radius 1 is 1.23 bits per heavy atom. The minimum Gasteiger partial charge on any atom is -0.338 e. The average molecular weight is 380 g/mol. The number of rotatable bonds is 6. The number of hydrogen-bond acceptors (Lipinski definition) is 4. The summed E-state index contributed by atoms with van der Waals surface area (Å²) >= 11 is 0. The van der Waals surface area contributed by atoms with Crippen molar-refractivity contribution in [3.05, 3.63) is 29.3 Å². The molecular formula is C19H29N3O3S. The van der Waals surface area contributed by atoms with E-state index in [0.717, 1.165) is 51.7 Å². The second-order valence-corrected chi connectivity index (χ2v) is 9.23. The Balaban J connectivity index is 1.78. The van der Waals surface area contributed by atoms with Gasteiger partial charge in [-0.25, -0.2) is 13.1 Å². The highest BCUT2D eigenvalue weighted by molar-refractivity contribution is 7.89. The number of carbonyl (C=O) groups excluding carboxylic acids is 1. The molecule has 7 heteroatoms. The number of hydrogen-bond donors (Lipinski definition) is 2. The van der Waals surface area contributed by atoms with Crippen molar-refractivity contribution in [1.29, 1.82) is 0 Å². The van der Waals surface area contributed by atoms with Crippen LogP contribution in [0.5, 0.6) is 0 Å². The van der Waals surface area contributed by atoms with Crippen LogP contribution in [0, 0.1) is 12.8 Å². The Hall–Kier alpha value is -1.44. The Morgan fingerprint density at radius 3 is 2.65 bits per heavy atom. The van der Waals surface area contributed by atoms with Gasteiger partial charge in [0, 0.05) is 24.7 Å². The molecular weight excluding hydrogens is 350 g/mol. The molecule has 144 valence electrons. The van der Waals surface area contributed by atoms with Crippen LogP contribution in [0.25, 0.3) is 0 Å². The van der Waals surface area contributed by atoms with E-state index in [2.05, 4.69) is 10.0 Å². The number of nitrogens with zero attached hydrogens (tertiary/aromatic N) is 1. The molecule has 6 nitrogen and oxygen atoms in total. The molecule has 1 saturated carbocycles. The number of sulfonamides is 1. The first-order valence-electron chi connectivity index (χ1n) is 9.47. The molecule has 1 heterocycles. The molecule has 26 heavy (non-hydrogen) atoms. The van der Waals surface area contributed by atoms with Gasteiger partial charge in [0.1, 0.15) is 0 Å². The molecule has 1 aromatic rings. The van der Waals surface area contributed by atoms with Crippen LogP contribution in [0.15, 0.2) is 23.1 Å². The lowest BCUT2D eigenvalue weighted by Gasteiger charge is -2.18. The first kappa shape index (κ1) is 19.3. The fourth-order valence-corrected chi connectivity index (χ4v) is 5.58. The van der Waals surface area contributed by atoms with Crippen molar-refractivity contribution in [3.63, 3.8) is 0 Å². The second-order valence-electron chi connectivity index (χ2n) is 7.55. The quantitative estimate of drug-likeness (QED) is 0.791. The van der Waals surface area contributed by atoms with Crippen LogP contribution in [0.1, 0.15) is 48.0 Å². The van der Waals surface area contributed by atoms with E-state index in [0.29, 0.717) is 17.0 Å². The van der Waals surface area contributed by atoms with Gasteiger partial charge in [-0.15, -0.1) is 0 Å². The monoisotopic (exact) mass is 379 g/mol. The van der Waals surface area contributed by atoms with E-state index in [1.165, 1.54) is 0 Å². The normalized spacial score (nSPS) is 21.5. The van der Waals surface area contributed by atoms with Crippen LogP contribution in [0.2, 0.25) is 0 Å². The predicted molar refractivity (Wildman–Crippen MR) is 102 cm³/mol. The summed E-state index contributed by atoms with van der Waals surface area (Å²) in [5.74, 6) is 0.377. The molecule has 0 bridgehead atoms. The number of aryl methyl sites for hydroxylation is 1. The van der Waals surface area contributed by atoms with E-state index < -0.39 is 10.0 Å². The highest BCUT2D eigenvalue weighted by Crippen LogP contribution is 2.24. The summed E-state index contributed by atoms with van der Waals surface area (Å²) in [6.45, 7) is 4.11. The maximum absolute atomic E-state index is 12.8. The molecule has 3 rings (SSSR count). The third-order valence-corrected chi connectivity index (χ3v) is 7.13. The lowest BCUT2D eigenvalue weighted by atomic mass is 10.1. The summed E-state index contributed by atoms with van der Waals surface area (Å²) in [5, 5.41) is 3.15. The van der Waals surface area contributed by atoms with E-state index in [-0.39, 0.29) is 16.8 Å². The molecule has 2 fully saturated rings. The number of likely N-dealkylation sites (tertiary alicyclic amines) is 1. The molecule has 1 saturated heterocycles. The summed E-state index contributed by atoms with van der Waals surface area (Å²) < 4.78 is 28.4. The molecule has 0 spiro atoms. The summed E-state index contributed by atoms with van der Waals surface area (Å²) in [6.07, 6.45) is 4.88. The molecule has 2 aliphatic rings. The van der Waals surface area contributed by atoms with Gasteiger partial charge in [0.25, 0.3) is 5.91 Å². The molecule has 1 atom stereocenters. The van der Waals surface area contributed by atoms with Crippen LogP contribution in [0.3, 0.4) is 0 Å². The van der Waals surface area contributed by atoms with E-state index in [1.54, 1.807) is 25.1 Å². The maximum atomic E-state index is 12.8. The van der Waals surface area contributed by atoms with E-state index in [4.69, 9.17) is 0 Å². The molecule has 1 unspecified atom stereocenters. The number of benzene rings is 1. The highest BCUT2D eigenvalue weighted by Gasteiger charge is 2.29. The first-order chi connectivity index (χ1) is 12.4. The highest BCUT2D eigenvalue weighted by atomic mass is 32.2. The van der Waals surface area contributed by atoms with Gasteiger partial charge < -0.3 is 10.2 Å². The Morgan fingerprint density at radius 2 is 1.96 bits per heavy atom. The zero-order valence-corrected chi connectivity index (χ0v) is 16.4. The molecule has 1 aromatic carbocycles. The molecule has 1 aliphatic carbocycles. The molecule has 0 aromatic heterocycles. The third-order valence-electron chi connectivity index (χ3n) is 5.47. The summed E-state index contributed by atoms with van der Waals surface area (Å²) in [6, 6.07) is 5.02. The Labute approximate surface area is 156 Å². The standard InChI is InChI=1S/C19H29N3O3S/c1-14-7-8-16(19(23)22-10-9-15(13-22)12-20-2)11-18(14)26(24,25)21-17-5-3-4-6-17/h7-8,11,15,17,20-21H,3-6,9-10,12-13H2,1-2H3. The fraction of sp³-hybridized carbons (Fsp3) is 0.632. The summed E-state index contributed by atoms with van der Waals surface area (Å²) in [4.78, 5) is 14.9. The predicted octanol–water partition coefficient (Wildman–Crippen LogP) is 1.90. The fourth-order valence-electron chi connectivity index (χ4n) is 4.00. The largest absolute Gasteiger partial charge is 0.338 e. The van der Waals surface area contributed by atoms with Gasteiger partial charge in [-0.2, -0.15) is 0 Å². The van der Waals surface area contributed by atoms with E-state index >= 15 is 0 Å². The minimum atomic E-state index is -3.60. The average Bonchev–Trinajstić information content (AvgIpc) is 3.26. The topological polar surface area (TPSA) is 78.5 Å². The van der Waals surface area contributed by atoms with Gasteiger partial charge in [-0.3, -0.25) is 4.79 Å². The van der Waals surface area contributed by atoms with E-state index in [1.807, 2.05) is 11.9 Å². The van der Waals surface area contributed by atoms with Crippen molar-refractivity contribution in [2.75, 3.05) is 26.7 Å². The Kier molecular flexibility index (Phi) is 5.99. The molecule has 1 amide bonds. The zero-order valence-electron chi connectivity index (χ0n) is 15.6. The SMILES string of the molecule is CNCC1CCN(C(=O)c2ccc(C)c(S(=O)(=O)NC3CCCC3)c2)C1. The van der Waals surface area contributed by atoms with Crippen molar-refractivity contribution in [3.8, 4) is 0 Å². The van der Waals surface area contributed by atoms with Gasteiger partial charge in [0.2, 0.25) is 10.0 Å². The van der Waals surface area contributed by atoms with Crippen LogP contribution in [-0.4, -0.2) is 51.9 Å². The molecule has 1 aliphatic heterocycles. The number of carbonyl (C=O) groups is 1. The molecule has 2 N–H and O–H groups in total. The maximum Gasteiger partial charge on any atom is 0.253 e. The van der Waals surface area contributed by atoms with Crippen LogP contribution in [0.4, 0.5) is 0 Å². The number of nitrogens with one attached hydrogen (secondary N) is 2. The van der Waals surface area contributed by atoms with Gasteiger partial charge in [-0.05, 0) is 63.4 Å². The summed E-state index contributed by atoms with van der Waals surface area (Å²) in [7, 11) is -1.69. The van der Waals surface area contributed by atoms with Crippen molar-refractivity contribution in [1.82, 2.24) is 14.9 Å². The second kappa shape index (κ2) is 8.06. The van der Waals surface area contributed by atoms with Crippen molar-refractivity contribution >= 4 is 15.9 Å². The smallest absolute Gasteiger partial charge is 0.253 e. The minimum absolute atomic E-state index is 0.0136. The first-order valence-corrected chi connectivity index (χ1v) is 11.0. The van der Waals surface area contributed by atoms with Crippen molar-refractivity contribution < 1.29 is 13.2 Å². The lowest BCUT2D eigenvalue weighted by molar-refractivity contribution is 0.0787. The number of amides is 1. The zero-order chi connectivity index (χ0) is 18.7. The van der Waals surface area contributed by atoms with Crippen molar-refractivity contribution in [2.45, 2.75) is 50.0 Å². The van der Waals surface area contributed by atoms with Crippen LogP contribution < -0.4 is 10.0 Å². The van der Waals surface area contributed by atoms with Crippen LogP contribution in [-0.2, 0) is 10.0 Å². The third kappa shape index (κ3) is 4.27. The van der Waals surface area contributed by atoms with Gasteiger partial charge >= 0.3 is 0 Å². The van der Waals surface area contributed by atoms with E-state index in [9.17, 15) is 13.2 Å². The van der Waals surface area contributed by atoms with Gasteiger partial charge in [-0.1, -0.05) is 18.9 Å². The van der Waals surface area contributed by atoms with Crippen LogP contribution >= 0.6 is 0 Å². The van der Waals surface area contributed by atoms with Crippen molar-refractivity contribution in [2.24, 2.45) is 5.92 Å². The Bertz CT molecular complexity index is 757. The van der Waals surface area contributed by atoms with Gasteiger partial charge in [0.05, 0.1) is 4.90 Å². The summed E-state index contributed by atoms with van der Waals surface area (Å²) in [5.41, 5.74) is 1.12. The lowest BCUT2D eigenvalue weighted by Crippen LogP contribution is -2.34.